The van der Waals surface area contributed by atoms with E-state index in [1.54, 1.807) is 18.2 Å². The largest absolute Gasteiger partial charge is 0.497 e. The van der Waals surface area contributed by atoms with Gasteiger partial charge in [-0.15, -0.1) is 0 Å². The quantitative estimate of drug-likeness (QED) is 0.567. The third kappa shape index (κ3) is 3.73. The number of rotatable bonds is 5. The highest BCUT2D eigenvalue weighted by atomic mass is 32.2. The standard InChI is InChI=1S/C17H19NO7S/c1-23-12-5-6-13-11(8-16(19)25-15(13)9-12)10-24-17(20)14-4-3-7-18(14)26(2,21)22/h5-6,8-9,14H,3-4,7,10H2,1-2H3/t14-/m0/s1. The Morgan fingerprint density at radius 3 is 2.81 bits per heavy atom. The van der Waals surface area contributed by atoms with E-state index in [-0.39, 0.29) is 6.61 Å². The van der Waals surface area contributed by atoms with Crippen LogP contribution in [0.2, 0.25) is 0 Å². The maximum atomic E-state index is 12.3. The van der Waals surface area contributed by atoms with Gasteiger partial charge in [0.1, 0.15) is 24.0 Å². The molecular formula is C17H19NO7S. The number of fused-ring (bicyclic) bond motifs is 1. The van der Waals surface area contributed by atoms with Crippen molar-refractivity contribution in [1.82, 2.24) is 4.31 Å². The summed E-state index contributed by atoms with van der Waals surface area (Å²) in [5, 5.41) is 0.615. The van der Waals surface area contributed by atoms with E-state index in [9.17, 15) is 18.0 Å². The van der Waals surface area contributed by atoms with Crippen molar-refractivity contribution < 1.29 is 27.1 Å². The van der Waals surface area contributed by atoms with E-state index in [2.05, 4.69) is 0 Å². The summed E-state index contributed by atoms with van der Waals surface area (Å²) in [6, 6.07) is 5.42. The number of esters is 1. The van der Waals surface area contributed by atoms with Crippen molar-refractivity contribution in [2.45, 2.75) is 25.5 Å². The van der Waals surface area contributed by atoms with E-state index in [0.717, 1.165) is 10.6 Å². The van der Waals surface area contributed by atoms with Crippen LogP contribution in [-0.4, -0.2) is 44.6 Å². The van der Waals surface area contributed by atoms with Crippen LogP contribution in [0.15, 0.2) is 33.5 Å². The van der Waals surface area contributed by atoms with Crippen LogP contribution in [-0.2, 0) is 26.2 Å². The first-order chi connectivity index (χ1) is 12.3. The summed E-state index contributed by atoms with van der Waals surface area (Å²) in [4.78, 5) is 24.1. The number of sulfonamides is 1. The van der Waals surface area contributed by atoms with Crippen LogP contribution in [0, 0.1) is 0 Å². The molecular weight excluding hydrogens is 362 g/mol. The number of benzene rings is 1. The van der Waals surface area contributed by atoms with Crippen molar-refractivity contribution in [2.24, 2.45) is 0 Å². The number of hydrogen-bond donors (Lipinski definition) is 0. The molecule has 2 heterocycles. The first-order valence-electron chi connectivity index (χ1n) is 8.04. The summed E-state index contributed by atoms with van der Waals surface area (Å²) in [5.41, 5.74) is 0.230. The molecule has 0 spiro atoms. The Labute approximate surface area is 150 Å². The molecule has 0 N–H and O–H groups in total. The topological polar surface area (TPSA) is 103 Å². The minimum Gasteiger partial charge on any atom is -0.497 e. The van der Waals surface area contributed by atoms with Crippen LogP contribution in [0.5, 0.6) is 5.75 Å². The zero-order valence-electron chi connectivity index (χ0n) is 14.4. The van der Waals surface area contributed by atoms with Crippen LogP contribution in [0.1, 0.15) is 18.4 Å². The lowest BCUT2D eigenvalue weighted by Gasteiger charge is -2.20. The summed E-state index contributed by atoms with van der Waals surface area (Å²) in [6.45, 7) is 0.150. The lowest BCUT2D eigenvalue weighted by molar-refractivity contribution is -0.148. The molecule has 1 aliphatic rings. The molecule has 8 nitrogen and oxygen atoms in total. The highest BCUT2D eigenvalue weighted by Crippen LogP contribution is 2.25. The molecule has 0 unspecified atom stereocenters. The maximum Gasteiger partial charge on any atom is 0.336 e. The lowest BCUT2D eigenvalue weighted by atomic mass is 10.1. The minimum absolute atomic E-state index is 0.151. The van der Waals surface area contributed by atoms with E-state index < -0.39 is 27.7 Å². The summed E-state index contributed by atoms with van der Waals surface area (Å²) >= 11 is 0. The summed E-state index contributed by atoms with van der Waals surface area (Å²) in [5.74, 6) is -0.0904. The van der Waals surface area contributed by atoms with Gasteiger partial charge >= 0.3 is 11.6 Å². The van der Waals surface area contributed by atoms with Gasteiger partial charge in [-0.1, -0.05) is 0 Å². The zero-order chi connectivity index (χ0) is 18.9. The predicted octanol–water partition coefficient (Wildman–Crippen LogP) is 1.27. The molecule has 0 radical (unpaired) electrons. The third-order valence-electron chi connectivity index (χ3n) is 4.31. The number of ether oxygens (including phenoxy) is 2. The monoisotopic (exact) mass is 381 g/mol. The molecule has 9 heteroatoms. The van der Waals surface area contributed by atoms with Crippen molar-refractivity contribution in [3.63, 3.8) is 0 Å². The van der Waals surface area contributed by atoms with E-state index in [4.69, 9.17) is 13.9 Å². The third-order valence-corrected chi connectivity index (χ3v) is 5.60. The van der Waals surface area contributed by atoms with E-state index in [1.165, 1.54) is 13.2 Å². The minimum atomic E-state index is -3.48. The van der Waals surface area contributed by atoms with E-state index >= 15 is 0 Å². The first kappa shape index (κ1) is 18.4. The molecule has 0 amide bonds. The van der Waals surface area contributed by atoms with E-state index in [0.29, 0.717) is 41.7 Å². The molecule has 0 aliphatic carbocycles. The van der Waals surface area contributed by atoms with Crippen molar-refractivity contribution >= 4 is 27.0 Å². The molecule has 3 rings (SSSR count). The van der Waals surface area contributed by atoms with E-state index in [1.807, 2.05) is 0 Å². The van der Waals surface area contributed by atoms with Gasteiger partial charge in [-0.2, -0.15) is 4.31 Å². The second kappa shape index (κ2) is 7.08. The Morgan fingerprint density at radius 1 is 1.35 bits per heavy atom. The predicted molar refractivity (Wildman–Crippen MR) is 93.4 cm³/mol. The molecule has 0 bridgehead atoms. The second-order valence-corrected chi connectivity index (χ2v) is 8.03. The van der Waals surface area contributed by atoms with Crippen LogP contribution < -0.4 is 10.4 Å². The summed E-state index contributed by atoms with van der Waals surface area (Å²) in [6.07, 6.45) is 2.09. The fourth-order valence-electron chi connectivity index (χ4n) is 3.07. The molecule has 1 aromatic heterocycles. The average molecular weight is 381 g/mol. The summed E-state index contributed by atoms with van der Waals surface area (Å²) < 4.78 is 40.2. The molecule has 1 aliphatic heterocycles. The molecule has 26 heavy (non-hydrogen) atoms. The Morgan fingerprint density at radius 2 is 2.12 bits per heavy atom. The lowest BCUT2D eigenvalue weighted by Crippen LogP contribution is -2.40. The van der Waals surface area contributed by atoms with Gasteiger partial charge in [0.2, 0.25) is 10.0 Å². The van der Waals surface area contributed by atoms with Gasteiger partial charge in [0, 0.05) is 29.6 Å². The van der Waals surface area contributed by atoms with Crippen molar-refractivity contribution in [3.05, 3.63) is 40.2 Å². The Kier molecular flexibility index (Phi) is 5.01. The number of carbonyl (C=O) groups excluding carboxylic acids is 1. The number of carbonyl (C=O) groups is 1. The van der Waals surface area contributed by atoms with Crippen LogP contribution in [0.3, 0.4) is 0 Å². The maximum absolute atomic E-state index is 12.3. The normalized spacial score (nSPS) is 18.2. The fourth-order valence-corrected chi connectivity index (χ4v) is 4.19. The number of methoxy groups -OCH3 is 1. The van der Waals surface area contributed by atoms with Crippen molar-refractivity contribution in [2.75, 3.05) is 19.9 Å². The molecule has 1 saturated heterocycles. The van der Waals surface area contributed by atoms with Crippen molar-refractivity contribution in [3.8, 4) is 5.75 Å². The molecule has 2 aromatic rings. The Hall–Kier alpha value is -2.39. The summed E-state index contributed by atoms with van der Waals surface area (Å²) in [7, 11) is -1.98. The second-order valence-electron chi connectivity index (χ2n) is 6.09. The van der Waals surface area contributed by atoms with Gasteiger partial charge in [-0.05, 0) is 25.0 Å². The zero-order valence-corrected chi connectivity index (χ0v) is 15.2. The van der Waals surface area contributed by atoms with Crippen LogP contribution in [0.4, 0.5) is 0 Å². The van der Waals surface area contributed by atoms with Gasteiger partial charge in [0.15, 0.2) is 0 Å². The molecule has 140 valence electrons. The first-order valence-corrected chi connectivity index (χ1v) is 9.88. The Balaban J connectivity index is 1.81. The Bertz CT molecular complexity index is 996. The molecule has 1 atom stereocenters. The van der Waals surface area contributed by atoms with Gasteiger partial charge in [0.05, 0.1) is 13.4 Å². The van der Waals surface area contributed by atoms with Crippen molar-refractivity contribution in [1.29, 1.82) is 0 Å². The SMILES string of the molecule is COc1ccc2c(COC(=O)[C@@H]3CCCN3S(C)(=O)=O)cc(=O)oc2c1. The van der Waals surface area contributed by atoms with Gasteiger partial charge in [-0.3, -0.25) is 4.79 Å². The average Bonchev–Trinajstić information content (AvgIpc) is 3.08. The molecule has 1 aromatic carbocycles. The fraction of sp³-hybridized carbons (Fsp3) is 0.412. The van der Waals surface area contributed by atoms with Crippen LogP contribution in [0.25, 0.3) is 11.0 Å². The highest BCUT2D eigenvalue weighted by molar-refractivity contribution is 7.88. The highest BCUT2D eigenvalue weighted by Gasteiger charge is 2.37. The number of hydrogen-bond acceptors (Lipinski definition) is 7. The van der Waals surface area contributed by atoms with Gasteiger partial charge in [-0.25, -0.2) is 13.2 Å². The molecule has 1 fully saturated rings. The number of nitrogens with zero attached hydrogens (tertiary/aromatic N) is 1. The smallest absolute Gasteiger partial charge is 0.336 e. The van der Waals surface area contributed by atoms with Gasteiger partial charge < -0.3 is 13.9 Å². The van der Waals surface area contributed by atoms with Gasteiger partial charge in [0.25, 0.3) is 0 Å². The molecule has 0 saturated carbocycles. The van der Waals surface area contributed by atoms with Crippen LogP contribution >= 0.6 is 0 Å².